The molecule has 1 N–H and O–H groups in total. The van der Waals surface area contributed by atoms with Crippen LogP contribution in [-0.4, -0.2) is 18.8 Å². The molecule has 0 aliphatic carbocycles. The lowest BCUT2D eigenvalue weighted by molar-refractivity contribution is -0.118. The van der Waals surface area contributed by atoms with Crippen molar-refractivity contribution in [1.29, 1.82) is 0 Å². The number of ether oxygens (including phenoxy) is 1. The third kappa shape index (κ3) is 5.34. The van der Waals surface area contributed by atoms with Crippen LogP contribution in [0.5, 0.6) is 5.75 Å². The van der Waals surface area contributed by atoms with Crippen LogP contribution in [-0.2, 0) is 17.1 Å². The molecule has 3 nitrogen and oxygen atoms in total. The van der Waals surface area contributed by atoms with Gasteiger partial charge in [0, 0.05) is 27.9 Å². The number of nitrogens with one attached hydrogen (secondary N) is 1. The molecule has 0 unspecified atom stereocenters. The highest BCUT2D eigenvalue weighted by molar-refractivity contribution is 7.99. The molecule has 2 rings (SSSR count). The summed E-state index contributed by atoms with van der Waals surface area (Å²) in [5, 5.41) is 4.13. The summed E-state index contributed by atoms with van der Waals surface area (Å²) in [6.07, 6.45) is 0. The third-order valence-electron chi connectivity index (χ3n) is 3.21. The number of benzene rings is 2. The van der Waals surface area contributed by atoms with E-state index in [2.05, 4.69) is 5.32 Å². The Morgan fingerprint density at radius 3 is 2.52 bits per heavy atom. The molecule has 23 heavy (non-hydrogen) atoms. The van der Waals surface area contributed by atoms with E-state index < -0.39 is 0 Å². The first kappa shape index (κ1) is 18.0. The summed E-state index contributed by atoms with van der Waals surface area (Å²) in [4.78, 5) is 11.9. The zero-order valence-corrected chi connectivity index (χ0v) is 15.0. The van der Waals surface area contributed by atoms with Gasteiger partial charge in [-0.3, -0.25) is 4.79 Å². The first-order valence-electron chi connectivity index (χ1n) is 7.01. The first-order valence-corrected chi connectivity index (χ1v) is 8.92. The van der Waals surface area contributed by atoms with Crippen LogP contribution in [0.1, 0.15) is 11.1 Å². The molecule has 0 bridgehead atoms. The minimum absolute atomic E-state index is 0.0379. The minimum atomic E-state index is -0.0379. The number of carbonyl (C=O) groups excluding carboxylic acids is 1. The smallest absolute Gasteiger partial charge is 0.230 e. The molecule has 0 saturated heterocycles. The van der Waals surface area contributed by atoms with E-state index in [0.717, 1.165) is 16.9 Å². The third-order valence-corrected chi connectivity index (χ3v) is 4.88. The summed E-state index contributed by atoms with van der Waals surface area (Å²) in [5.41, 5.74) is 1.81. The Morgan fingerprint density at radius 1 is 1.13 bits per heavy atom. The second kappa shape index (κ2) is 9.06. The summed E-state index contributed by atoms with van der Waals surface area (Å²) in [6.45, 7) is 0.441. The van der Waals surface area contributed by atoms with Gasteiger partial charge in [0.1, 0.15) is 5.75 Å². The fraction of sp³-hybridized carbons (Fsp3) is 0.235. The maximum Gasteiger partial charge on any atom is 0.230 e. The van der Waals surface area contributed by atoms with Crippen LogP contribution in [0.2, 0.25) is 10.0 Å². The van der Waals surface area contributed by atoms with E-state index >= 15 is 0 Å². The number of amides is 1. The highest BCUT2D eigenvalue weighted by atomic mass is 35.5. The lowest BCUT2D eigenvalue weighted by Crippen LogP contribution is -2.24. The monoisotopic (exact) mass is 369 g/mol. The van der Waals surface area contributed by atoms with Crippen LogP contribution in [0.3, 0.4) is 0 Å². The lowest BCUT2D eigenvalue weighted by Gasteiger charge is -2.10. The van der Waals surface area contributed by atoms with Gasteiger partial charge in [-0.05, 0) is 23.8 Å². The largest absolute Gasteiger partial charge is 0.496 e. The maximum atomic E-state index is 11.9. The van der Waals surface area contributed by atoms with Gasteiger partial charge in [0.15, 0.2) is 0 Å². The maximum absolute atomic E-state index is 11.9. The molecule has 1 amide bonds. The Bertz CT molecular complexity index is 659. The summed E-state index contributed by atoms with van der Waals surface area (Å²) >= 11 is 13.7. The average Bonchev–Trinajstić information content (AvgIpc) is 2.56. The van der Waals surface area contributed by atoms with Gasteiger partial charge in [0.05, 0.1) is 12.9 Å². The van der Waals surface area contributed by atoms with Crippen LogP contribution >= 0.6 is 35.0 Å². The topological polar surface area (TPSA) is 38.3 Å². The quantitative estimate of drug-likeness (QED) is 0.777. The van der Waals surface area contributed by atoms with E-state index in [1.807, 2.05) is 24.3 Å². The second-order valence-electron chi connectivity index (χ2n) is 4.78. The molecule has 0 aliphatic rings. The molecule has 6 heteroatoms. The van der Waals surface area contributed by atoms with Gasteiger partial charge in [-0.1, -0.05) is 47.5 Å². The number of methoxy groups -OCH3 is 1. The van der Waals surface area contributed by atoms with Gasteiger partial charge in [-0.15, -0.1) is 11.8 Å². The highest BCUT2D eigenvalue weighted by Gasteiger charge is 2.08. The predicted octanol–water partition coefficient (Wildman–Crippen LogP) is 4.55. The van der Waals surface area contributed by atoms with E-state index in [1.54, 1.807) is 25.3 Å². The Morgan fingerprint density at radius 2 is 1.83 bits per heavy atom. The zero-order chi connectivity index (χ0) is 16.7. The Hall–Kier alpha value is -1.36. The summed E-state index contributed by atoms with van der Waals surface area (Å²) < 4.78 is 5.26. The summed E-state index contributed by atoms with van der Waals surface area (Å²) in [7, 11) is 1.61. The molecular formula is C17H17Cl2NO2S. The van der Waals surface area contributed by atoms with Crippen LogP contribution in [0, 0.1) is 0 Å². The molecule has 0 atom stereocenters. The van der Waals surface area contributed by atoms with E-state index in [4.69, 9.17) is 27.9 Å². The van der Waals surface area contributed by atoms with Gasteiger partial charge < -0.3 is 10.1 Å². The van der Waals surface area contributed by atoms with Crippen molar-refractivity contribution in [2.24, 2.45) is 0 Å². The summed E-state index contributed by atoms with van der Waals surface area (Å²) in [5.74, 6) is 1.67. The molecular weight excluding hydrogens is 353 g/mol. The number of halogens is 2. The molecule has 0 heterocycles. The predicted molar refractivity (Wildman–Crippen MR) is 97.5 cm³/mol. The standard InChI is InChI=1S/C17H17Cl2NO2S/c1-22-16-8-3-2-5-12(16)9-20-17(21)11-23-10-13-14(18)6-4-7-15(13)19/h2-8H,9-11H2,1H3,(H,20,21). The zero-order valence-electron chi connectivity index (χ0n) is 12.6. The average molecular weight is 370 g/mol. The van der Waals surface area contributed by atoms with Crippen molar-refractivity contribution in [2.75, 3.05) is 12.9 Å². The number of rotatable bonds is 7. The van der Waals surface area contributed by atoms with E-state index in [-0.39, 0.29) is 5.91 Å². The fourth-order valence-electron chi connectivity index (χ4n) is 2.01. The summed E-state index contributed by atoms with van der Waals surface area (Å²) in [6, 6.07) is 13.0. The van der Waals surface area contributed by atoms with E-state index in [9.17, 15) is 4.79 Å². The van der Waals surface area contributed by atoms with E-state index in [0.29, 0.717) is 28.1 Å². The molecule has 0 spiro atoms. The van der Waals surface area contributed by atoms with Crippen molar-refractivity contribution in [2.45, 2.75) is 12.3 Å². The SMILES string of the molecule is COc1ccccc1CNC(=O)CSCc1c(Cl)cccc1Cl. The van der Waals surface area contributed by atoms with E-state index in [1.165, 1.54) is 11.8 Å². The van der Waals surface area contributed by atoms with Gasteiger partial charge >= 0.3 is 0 Å². The molecule has 0 aromatic heterocycles. The molecule has 0 fully saturated rings. The van der Waals surface area contributed by atoms with Crippen LogP contribution in [0.4, 0.5) is 0 Å². The van der Waals surface area contributed by atoms with Crippen molar-refractivity contribution in [3.8, 4) is 5.75 Å². The number of carbonyl (C=O) groups is 1. The molecule has 0 saturated carbocycles. The van der Waals surface area contributed by atoms with Crippen molar-refractivity contribution in [3.05, 3.63) is 63.6 Å². The fourth-order valence-corrected chi connectivity index (χ4v) is 3.60. The van der Waals surface area contributed by atoms with Gasteiger partial charge in [0.25, 0.3) is 0 Å². The highest BCUT2D eigenvalue weighted by Crippen LogP contribution is 2.28. The lowest BCUT2D eigenvalue weighted by atomic mass is 10.2. The Kier molecular flexibility index (Phi) is 7.09. The van der Waals surface area contributed by atoms with Crippen molar-refractivity contribution in [1.82, 2.24) is 5.32 Å². The van der Waals surface area contributed by atoms with Gasteiger partial charge in [0.2, 0.25) is 5.91 Å². The molecule has 2 aromatic carbocycles. The number of hydrogen-bond acceptors (Lipinski definition) is 3. The first-order chi connectivity index (χ1) is 11.1. The second-order valence-corrected chi connectivity index (χ2v) is 6.58. The Labute approximate surface area is 150 Å². The van der Waals surface area contributed by atoms with Crippen LogP contribution in [0.15, 0.2) is 42.5 Å². The van der Waals surface area contributed by atoms with Crippen molar-refractivity contribution < 1.29 is 9.53 Å². The molecule has 2 aromatic rings. The van der Waals surface area contributed by atoms with Gasteiger partial charge in [-0.2, -0.15) is 0 Å². The van der Waals surface area contributed by atoms with Crippen molar-refractivity contribution in [3.63, 3.8) is 0 Å². The minimum Gasteiger partial charge on any atom is -0.496 e. The number of para-hydroxylation sites is 1. The van der Waals surface area contributed by atoms with Crippen molar-refractivity contribution >= 4 is 40.9 Å². The molecule has 0 radical (unpaired) electrons. The van der Waals surface area contributed by atoms with Gasteiger partial charge in [-0.25, -0.2) is 0 Å². The van der Waals surface area contributed by atoms with Crippen LogP contribution in [0.25, 0.3) is 0 Å². The normalized spacial score (nSPS) is 10.4. The molecule has 0 aliphatic heterocycles. The Balaban J connectivity index is 1.79. The van der Waals surface area contributed by atoms with Crippen LogP contribution < -0.4 is 10.1 Å². The number of hydrogen-bond donors (Lipinski definition) is 1. The molecule has 122 valence electrons. The number of thioether (sulfide) groups is 1.